The molecule has 44 heavy (non-hydrogen) atoms. The van der Waals surface area contributed by atoms with Crippen LogP contribution in [-0.2, 0) is 21.4 Å². The summed E-state index contributed by atoms with van der Waals surface area (Å²) in [7, 11) is 0. The van der Waals surface area contributed by atoms with Gasteiger partial charge in [0, 0.05) is 47.9 Å². The van der Waals surface area contributed by atoms with Gasteiger partial charge in [-0.2, -0.15) is 0 Å². The zero-order valence-electron chi connectivity index (χ0n) is 27.2. The highest BCUT2D eigenvalue weighted by Crippen LogP contribution is 2.44. The van der Waals surface area contributed by atoms with Crippen molar-refractivity contribution in [3.8, 4) is 11.3 Å². The summed E-state index contributed by atoms with van der Waals surface area (Å²) in [5, 5.41) is 1.28. The van der Waals surface area contributed by atoms with Crippen LogP contribution in [0.1, 0.15) is 93.2 Å². The highest BCUT2D eigenvalue weighted by molar-refractivity contribution is 7.19. The summed E-state index contributed by atoms with van der Waals surface area (Å²) in [6.45, 7) is 13.5. The number of piperidine rings is 2. The van der Waals surface area contributed by atoms with E-state index in [1.54, 1.807) is 11.3 Å². The maximum absolute atomic E-state index is 14.0. The summed E-state index contributed by atoms with van der Waals surface area (Å²) in [6.07, 6.45) is 11.2. The Morgan fingerprint density at radius 3 is 2.14 bits per heavy atom. The van der Waals surface area contributed by atoms with Crippen molar-refractivity contribution in [2.45, 2.75) is 109 Å². The molecule has 1 aromatic carbocycles. The topological polar surface area (TPSA) is 59.7 Å². The van der Waals surface area contributed by atoms with Crippen LogP contribution in [-0.4, -0.2) is 76.3 Å². The maximum atomic E-state index is 14.0. The molecule has 4 saturated heterocycles. The lowest BCUT2D eigenvalue weighted by molar-refractivity contribution is -0.138. The molecule has 6 nitrogen and oxygen atoms in total. The smallest absolute Gasteiger partial charge is 0.233 e. The van der Waals surface area contributed by atoms with E-state index >= 15 is 0 Å². The zero-order chi connectivity index (χ0) is 30.6. The van der Waals surface area contributed by atoms with Crippen molar-refractivity contribution in [3.63, 3.8) is 0 Å². The van der Waals surface area contributed by atoms with E-state index in [1.165, 1.54) is 75.1 Å². The molecule has 4 aliphatic rings. The number of nitrogens with one attached hydrogen (secondary N) is 1. The van der Waals surface area contributed by atoms with Crippen LogP contribution in [0.5, 0.6) is 0 Å². The summed E-state index contributed by atoms with van der Waals surface area (Å²) < 4.78 is 0. The number of amides is 2. The number of hydrogen-bond acceptors (Lipinski definition) is 4. The molecule has 0 saturated carbocycles. The Morgan fingerprint density at radius 1 is 0.864 bits per heavy atom. The van der Waals surface area contributed by atoms with Gasteiger partial charge < -0.3 is 19.7 Å². The van der Waals surface area contributed by atoms with E-state index in [0.717, 1.165) is 64.8 Å². The molecular weight excluding hydrogens is 565 g/mol. The number of aromatic nitrogens is 1. The number of aromatic amines is 1. The molecule has 2 bridgehead atoms. The Morgan fingerprint density at radius 2 is 1.50 bits per heavy atom. The molecule has 1 N–H and O–H groups in total. The second kappa shape index (κ2) is 11.9. The number of rotatable bonds is 7. The SMILES string of the molecule is Cc1cc(C)cc(-c2[nH]c3sc(C(C)(C)C(=O)N4C5CCC4CC5)cc3c2CCN2CCC(C(=O)N3CCCCC3)CC2)c1. The summed E-state index contributed by atoms with van der Waals surface area (Å²) in [6, 6.07) is 10.0. The minimum atomic E-state index is -0.532. The van der Waals surface area contributed by atoms with Crippen LogP contribution in [0.4, 0.5) is 0 Å². The largest absolute Gasteiger partial charge is 0.346 e. The fourth-order valence-electron chi connectivity index (χ4n) is 8.68. The van der Waals surface area contributed by atoms with Crippen LogP contribution in [0.15, 0.2) is 24.3 Å². The van der Waals surface area contributed by atoms with Crippen LogP contribution in [0, 0.1) is 19.8 Å². The van der Waals surface area contributed by atoms with Crippen molar-refractivity contribution in [2.24, 2.45) is 5.92 Å². The molecule has 2 amide bonds. The monoisotopic (exact) mass is 614 g/mol. The first kappa shape index (κ1) is 30.0. The van der Waals surface area contributed by atoms with Gasteiger partial charge in [0.25, 0.3) is 0 Å². The number of thiophene rings is 1. The van der Waals surface area contributed by atoms with Gasteiger partial charge in [0.05, 0.1) is 11.1 Å². The zero-order valence-corrected chi connectivity index (χ0v) is 28.0. The molecule has 236 valence electrons. The number of carbonyl (C=O) groups excluding carboxylic acids is 2. The summed E-state index contributed by atoms with van der Waals surface area (Å²) in [5.41, 5.74) is 5.85. The highest BCUT2D eigenvalue weighted by Gasteiger charge is 2.47. The van der Waals surface area contributed by atoms with Crippen molar-refractivity contribution in [1.29, 1.82) is 0 Å². The average molecular weight is 615 g/mol. The lowest BCUT2D eigenvalue weighted by Crippen LogP contribution is -2.45. The minimum absolute atomic E-state index is 0.194. The van der Waals surface area contributed by atoms with Gasteiger partial charge in [-0.05, 0) is 134 Å². The molecule has 6 heterocycles. The molecule has 0 spiro atoms. The lowest BCUT2D eigenvalue weighted by atomic mass is 9.88. The van der Waals surface area contributed by atoms with E-state index in [2.05, 4.69) is 71.6 Å². The van der Waals surface area contributed by atoms with Gasteiger partial charge in [0.15, 0.2) is 0 Å². The number of hydrogen-bond donors (Lipinski definition) is 1. The van der Waals surface area contributed by atoms with Crippen LogP contribution in [0.3, 0.4) is 0 Å². The Bertz CT molecular complexity index is 1500. The summed E-state index contributed by atoms with van der Waals surface area (Å²) in [5.74, 6) is 0.905. The Kier molecular flexibility index (Phi) is 8.15. The van der Waals surface area contributed by atoms with E-state index in [4.69, 9.17) is 0 Å². The molecule has 2 aromatic heterocycles. The van der Waals surface area contributed by atoms with Crippen LogP contribution in [0.2, 0.25) is 0 Å². The summed E-state index contributed by atoms with van der Waals surface area (Å²) in [4.78, 5) is 40.2. The lowest BCUT2D eigenvalue weighted by Gasteiger charge is -2.35. The van der Waals surface area contributed by atoms with E-state index in [1.807, 2.05) is 0 Å². The van der Waals surface area contributed by atoms with E-state index in [-0.39, 0.29) is 5.92 Å². The number of nitrogens with zero attached hydrogens (tertiary/aromatic N) is 3. The van der Waals surface area contributed by atoms with Gasteiger partial charge in [0.2, 0.25) is 11.8 Å². The summed E-state index contributed by atoms with van der Waals surface area (Å²) >= 11 is 1.77. The van der Waals surface area contributed by atoms with Gasteiger partial charge in [-0.3, -0.25) is 9.59 Å². The van der Waals surface area contributed by atoms with Gasteiger partial charge in [-0.25, -0.2) is 0 Å². The van der Waals surface area contributed by atoms with Crippen LogP contribution >= 0.6 is 11.3 Å². The minimum Gasteiger partial charge on any atom is -0.346 e. The van der Waals surface area contributed by atoms with Crippen molar-refractivity contribution >= 4 is 33.4 Å². The van der Waals surface area contributed by atoms with Crippen molar-refractivity contribution in [3.05, 3.63) is 45.8 Å². The Balaban J connectivity index is 1.12. The second-order valence-electron chi connectivity index (χ2n) is 14.8. The third kappa shape index (κ3) is 5.53. The first-order valence-corrected chi connectivity index (χ1v) is 18.1. The van der Waals surface area contributed by atoms with E-state index in [0.29, 0.717) is 23.9 Å². The number of likely N-dealkylation sites (tertiary alicyclic amines) is 2. The predicted molar refractivity (Wildman–Crippen MR) is 180 cm³/mol. The van der Waals surface area contributed by atoms with Crippen molar-refractivity contribution < 1.29 is 9.59 Å². The van der Waals surface area contributed by atoms with Crippen molar-refractivity contribution in [1.82, 2.24) is 19.7 Å². The first-order chi connectivity index (χ1) is 21.2. The van der Waals surface area contributed by atoms with Gasteiger partial charge in [-0.15, -0.1) is 11.3 Å². The van der Waals surface area contributed by atoms with E-state index < -0.39 is 5.41 Å². The quantitative estimate of drug-likeness (QED) is 0.306. The second-order valence-corrected chi connectivity index (χ2v) is 15.8. The predicted octanol–water partition coefficient (Wildman–Crippen LogP) is 7.21. The fourth-order valence-corrected chi connectivity index (χ4v) is 9.87. The highest BCUT2D eigenvalue weighted by atomic mass is 32.1. The normalized spacial score (nSPS) is 23.3. The first-order valence-electron chi connectivity index (χ1n) is 17.3. The fraction of sp³-hybridized carbons (Fsp3) is 0.622. The van der Waals surface area contributed by atoms with Gasteiger partial charge in [-0.1, -0.05) is 17.2 Å². The number of fused-ring (bicyclic) bond motifs is 3. The molecule has 7 rings (SSSR count). The molecular formula is C37H50N4O2S. The van der Waals surface area contributed by atoms with Crippen LogP contribution in [0.25, 0.3) is 21.5 Å². The average Bonchev–Trinajstić information content (AvgIpc) is 3.80. The Hall–Kier alpha value is -2.64. The number of benzene rings is 1. The number of aryl methyl sites for hydroxylation is 2. The third-order valence-corrected chi connectivity index (χ3v) is 12.6. The van der Waals surface area contributed by atoms with E-state index in [9.17, 15) is 9.59 Å². The molecule has 7 heteroatoms. The molecule has 0 aliphatic carbocycles. The molecule has 3 aromatic rings. The molecule has 4 fully saturated rings. The van der Waals surface area contributed by atoms with Gasteiger partial charge in [0.1, 0.15) is 4.83 Å². The molecule has 4 aliphatic heterocycles. The Labute approximate surface area is 267 Å². The molecule has 0 atom stereocenters. The standard InChI is InChI=1S/C37H50N4O2S/c1-24-20-25(2)22-27(21-24)33-30(14-19-39-17-12-26(13-18-39)35(42)40-15-6-5-7-16-40)31-23-32(44-34(31)38-33)37(3,4)36(43)41-28-8-9-29(41)11-10-28/h20-23,26,28-29,38H,5-19H2,1-4H3. The number of H-pyrrole nitrogens is 1. The molecule has 0 unspecified atom stereocenters. The van der Waals surface area contributed by atoms with Crippen molar-refractivity contribution in [2.75, 3.05) is 32.7 Å². The molecule has 0 radical (unpaired) electrons. The maximum Gasteiger partial charge on any atom is 0.233 e. The third-order valence-electron chi connectivity index (χ3n) is 11.2. The van der Waals surface area contributed by atoms with Crippen LogP contribution < -0.4 is 0 Å². The number of carbonyl (C=O) groups is 2. The van der Waals surface area contributed by atoms with Gasteiger partial charge >= 0.3 is 0 Å².